The van der Waals surface area contributed by atoms with Crippen molar-refractivity contribution in [2.24, 2.45) is 0 Å². The number of fused-ring (bicyclic) bond motifs is 1. The molecule has 94 valence electrons. The van der Waals surface area contributed by atoms with Crippen molar-refractivity contribution in [3.8, 4) is 0 Å². The molecule has 5 heteroatoms. The molecule has 2 aromatic carbocycles. The normalized spacial score (nSPS) is 10.6. The zero-order valence-electron chi connectivity index (χ0n) is 9.85. The van der Waals surface area contributed by atoms with Gasteiger partial charge in [0.25, 0.3) is 5.91 Å². The Kier molecular flexibility index (Phi) is 3.05. The van der Waals surface area contributed by atoms with E-state index in [0.717, 1.165) is 15.4 Å². The first-order valence-corrected chi connectivity index (χ1v) is 6.53. The number of halogens is 1. The molecular formula is C14H10BrN3O. The number of aromatic nitrogens is 2. The van der Waals surface area contributed by atoms with Gasteiger partial charge in [-0.2, -0.15) is 5.10 Å². The van der Waals surface area contributed by atoms with Gasteiger partial charge in [-0.05, 0) is 30.3 Å². The summed E-state index contributed by atoms with van der Waals surface area (Å²) in [6, 6.07) is 14.8. The predicted molar refractivity (Wildman–Crippen MR) is 78.2 cm³/mol. The summed E-state index contributed by atoms with van der Waals surface area (Å²) >= 11 is 3.39. The van der Waals surface area contributed by atoms with Crippen LogP contribution in [0.1, 0.15) is 10.4 Å². The van der Waals surface area contributed by atoms with E-state index in [1.54, 1.807) is 12.1 Å². The fourth-order valence-corrected chi connectivity index (χ4v) is 2.22. The lowest BCUT2D eigenvalue weighted by atomic mass is 10.2. The minimum Gasteiger partial charge on any atom is -0.305 e. The van der Waals surface area contributed by atoms with Crippen LogP contribution in [0.5, 0.6) is 0 Å². The van der Waals surface area contributed by atoms with Crippen LogP contribution in [-0.4, -0.2) is 16.1 Å². The SMILES string of the molecule is O=C(Nc1n[nH]c2cc(Br)ccc12)c1ccccc1. The molecule has 0 bridgehead atoms. The first-order chi connectivity index (χ1) is 9.24. The average Bonchev–Trinajstić information content (AvgIpc) is 2.82. The number of hydrogen-bond acceptors (Lipinski definition) is 2. The van der Waals surface area contributed by atoms with Crippen molar-refractivity contribution in [3.05, 3.63) is 58.6 Å². The van der Waals surface area contributed by atoms with Crippen molar-refractivity contribution in [2.45, 2.75) is 0 Å². The van der Waals surface area contributed by atoms with E-state index in [0.29, 0.717) is 11.4 Å². The molecule has 19 heavy (non-hydrogen) atoms. The second kappa shape index (κ2) is 4.85. The van der Waals surface area contributed by atoms with Crippen LogP contribution in [0.4, 0.5) is 5.82 Å². The molecule has 0 aliphatic carbocycles. The fraction of sp³-hybridized carbons (Fsp3) is 0. The lowest BCUT2D eigenvalue weighted by molar-refractivity contribution is 0.102. The largest absolute Gasteiger partial charge is 0.305 e. The summed E-state index contributed by atoms with van der Waals surface area (Å²) in [7, 11) is 0. The van der Waals surface area contributed by atoms with Crippen molar-refractivity contribution < 1.29 is 4.79 Å². The Balaban J connectivity index is 1.92. The Labute approximate surface area is 118 Å². The molecule has 0 spiro atoms. The molecule has 0 aliphatic rings. The molecular weight excluding hydrogens is 306 g/mol. The molecule has 0 saturated heterocycles. The maximum atomic E-state index is 12.0. The zero-order chi connectivity index (χ0) is 13.2. The third kappa shape index (κ3) is 2.37. The average molecular weight is 316 g/mol. The zero-order valence-corrected chi connectivity index (χ0v) is 11.4. The van der Waals surface area contributed by atoms with Gasteiger partial charge in [-0.3, -0.25) is 9.89 Å². The van der Waals surface area contributed by atoms with Crippen LogP contribution in [0.2, 0.25) is 0 Å². The molecule has 4 nitrogen and oxygen atoms in total. The smallest absolute Gasteiger partial charge is 0.256 e. The fourth-order valence-electron chi connectivity index (χ4n) is 1.86. The molecule has 0 radical (unpaired) electrons. The van der Waals surface area contributed by atoms with E-state index in [9.17, 15) is 4.79 Å². The number of amides is 1. The summed E-state index contributed by atoms with van der Waals surface area (Å²) in [6.45, 7) is 0. The van der Waals surface area contributed by atoms with Gasteiger partial charge in [0.05, 0.1) is 5.52 Å². The number of benzene rings is 2. The van der Waals surface area contributed by atoms with Crippen LogP contribution in [0.15, 0.2) is 53.0 Å². The van der Waals surface area contributed by atoms with Gasteiger partial charge in [-0.25, -0.2) is 0 Å². The third-order valence-electron chi connectivity index (χ3n) is 2.79. The van der Waals surface area contributed by atoms with Crippen molar-refractivity contribution >= 4 is 38.6 Å². The number of carbonyl (C=O) groups excluding carboxylic acids is 1. The van der Waals surface area contributed by atoms with Crippen LogP contribution in [0.3, 0.4) is 0 Å². The van der Waals surface area contributed by atoms with Crippen molar-refractivity contribution in [1.82, 2.24) is 10.2 Å². The summed E-state index contributed by atoms with van der Waals surface area (Å²) in [4.78, 5) is 12.0. The van der Waals surface area contributed by atoms with Crippen molar-refractivity contribution in [2.75, 3.05) is 5.32 Å². The van der Waals surface area contributed by atoms with Crippen LogP contribution in [-0.2, 0) is 0 Å². The number of nitrogens with one attached hydrogen (secondary N) is 2. The van der Waals surface area contributed by atoms with Gasteiger partial charge in [0.15, 0.2) is 5.82 Å². The maximum absolute atomic E-state index is 12.0. The molecule has 3 aromatic rings. The molecule has 0 unspecified atom stereocenters. The second-order valence-electron chi connectivity index (χ2n) is 4.08. The quantitative estimate of drug-likeness (QED) is 0.759. The van der Waals surface area contributed by atoms with Gasteiger partial charge in [-0.1, -0.05) is 34.1 Å². The minimum absolute atomic E-state index is 0.170. The van der Waals surface area contributed by atoms with E-state index in [-0.39, 0.29) is 5.91 Å². The van der Waals surface area contributed by atoms with Crippen LogP contribution >= 0.6 is 15.9 Å². The number of anilines is 1. The summed E-state index contributed by atoms with van der Waals surface area (Å²) < 4.78 is 0.963. The summed E-state index contributed by atoms with van der Waals surface area (Å²) in [5.41, 5.74) is 1.48. The van der Waals surface area contributed by atoms with Gasteiger partial charge >= 0.3 is 0 Å². The van der Waals surface area contributed by atoms with Gasteiger partial charge in [0.2, 0.25) is 0 Å². The van der Waals surface area contributed by atoms with Gasteiger partial charge in [0, 0.05) is 15.4 Å². The number of hydrogen-bond donors (Lipinski definition) is 2. The summed E-state index contributed by atoms with van der Waals surface area (Å²) in [5.74, 6) is 0.369. The van der Waals surface area contributed by atoms with Crippen molar-refractivity contribution in [1.29, 1.82) is 0 Å². The molecule has 0 saturated carbocycles. The Bertz CT molecular complexity index is 737. The first kappa shape index (κ1) is 11.9. The van der Waals surface area contributed by atoms with Gasteiger partial charge < -0.3 is 5.32 Å². The molecule has 1 heterocycles. The highest BCUT2D eigenvalue weighted by Crippen LogP contribution is 2.24. The lowest BCUT2D eigenvalue weighted by Gasteiger charge is -2.02. The van der Waals surface area contributed by atoms with Crippen molar-refractivity contribution in [3.63, 3.8) is 0 Å². The molecule has 1 aromatic heterocycles. The lowest BCUT2D eigenvalue weighted by Crippen LogP contribution is -2.12. The Hall–Kier alpha value is -2.14. The van der Waals surface area contributed by atoms with E-state index in [1.165, 1.54) is 0 Å². The monoisotopic (exact) mass is 315 g/mol. The summed E-state index contributed by atoms with van der Waals surface area (Å²) in [6.07, 6.45) is 0. The van der Waals surface area contributed by atoms with E-state index in [1.807, 2.05) is 36.4 Å². The molecule has 3 rings (SSSR count). The first-order valence-electron chi connectivity index (χ1n) is 5.74. The van der Waals surface area contributed by atoms with Gasteiger partial charge in [-0.15, -0.1) is 0 Å². The van der Waals surface area contributed by atoms with E-state index < -0.39 is 0 Å². The number of aromatic amines is 1. The van der Waals surface area contributed by atoms with Crippen LogP contribution < -0.4 is 5.32 Å². The van der Waals surface area contributed by atoms with E-state index in [4.69, 9.17) is 0 Å². The Morgan fingerprint density at radius 2 is 1.95 bits per heavy atom. The number of nitrogens with zero attached hydrogens (tertiary/aromatic N) is 1. The second-order valence-corrected chi connectivity index (χ2v) is 5.00. The molecule has 2 N–H and O–H groups in total. The molecule has 0 atom stereocenters. The Morgan fingerprint density at radius 3 is 2.74 bits per heavy atom. The maximum Gasteiger partial charge on any atom is 0.256 e. The standard InChI is InChI=1S/C14H10BrN3O/c15-10-6-7-11-12(8-10)17-18-13(11)16-14(19)9-4-2-1-3-5-9/h1-8H,(H2,16,17,18,19). The van der Waals surface area contributed by atoms with Crippen LogP contribution in [0, 0.1) is 0 Å². The van der Waals surface area contributed by atoms with Gasteiger partial charge in [0.1, 0.15) is 0 Å². The number of H-pyrrole nitrogens is 1. The minimum atomic E-state index is -0.170. The van der Waals surface area contributed by atoms with Crippen LogP contribution in [0.25, 0.3) is 10.9 Å². The Morgan fingerprint density at radius 1 is 1.16 bits per heavy atom. The van der Waals surface area contributed by atoms with E-state index in [2.05, 4.69) is 31.4 Å². The number of carbonyl (C=O) groups is 1. The van der Waals surface area contributed by atoms with E-state index >= 15 is 0 Å². The number of rotatable bonds is 2. The topological polar surface area (TPSA) is 57.8 Å². The highest BCUT2D eigenvalue weighted by molar-refractivity contribution is 9.10. The third-order valence-corrected chi connectivity index (χ3v) is 3.29. The molecule has 1 amide bonds. The summed E-state index contributed by atoms with van der Waals surface area (Å²) in [5, 5.41) is 10.7. The highest BCUT2D eigenvalue weighted by Gasteiger charge is 2.10. The highest BCUT2D eigenvalue weighted by atomic mass is 79.9. The predicted octanol–water partition coefficient (Wildman–Crippen LogP) is 3.58. The molecule has 0 fully saturated rings. The molecule has 0 aliphatic heterocycles.